The number of hydrogen-bond acceptors (Lipinski definition) is 4. The van der Waals surface area contributed by atoms with Crippen molar-refractivity contribution in [1.82, 2.24) is 5.32 Å². The van der Waals surface area contributed by atoms with Gasteiger partial charge >= 0.3 is 5.97 Å². The summed E-state index contributed by atoms with van der Waals surface area (Å²) in [7, 11) is 1.38. The number of rotatable bonds is 4. The minimum atomic E-state index is -0.699. The highest BCUT2D eigenvalue weighted by Gasteiger charge is 2.27. The van der Waals surface area contributed by atoms with Gasteiger partial charge in [0.1, 0.15) is 17.1 Å². The van der Waals surface area contributed by atoms with Crippen LogP contribution in [-0.4, -0.2) is 18.6 Å². The van der Waals surface area contributed by atoms with Crippen molar-refractivity contribution >= 4 is 5.97 Å². The zero-order valence-corrected chi connectivity index (χ0v) is 9.59. The van der Waals surface area contributed by atoms with Gasteiger partial charge in [-0.05, 0) is 32.9 Å². The Hall–Kier alpha value is -1.29. The summed E-state index contributed by atoms with van der Waals surface area (Å²) >= 11 is 0. The second-order valence-electron chi connectivity index (χ2n) is 3.98. The average molecular weight is 211 g/mol. The number of carbonyl (C=O) groups is 1. The van der Waals surface area contributed by atoms with E-state index in [1.807, 2.05) is 19.1 Å². The third-order valence-corrected chi connectivity index (χ3v) is 2.20. The smallest absolute Gasteiger partial charge is 0.325 e. The van der Waals surface area contributed by atoms with Crippen LogP contribution in [0, 0.1) is 6.92 Å². The van der Waals surface area contributed by atoms with Crippen molar-refractivity contribution < 1.29 is 13.9 Å². The van der Waals surface area contributed by atoms with E-state index in [2.05, 4.69) is 10.1 Å². The number of methoxy groups -OCH3 is 1. The molecule has 0 saturated heterocycles. The lowest BCUT2D eigenvalue weighted by molar-refractivity contribution is -0.147. The second kappa shape index (κ2) is 4.49. The minimum Gasteiger partial charge on any atom is -0.468 e. The molecular formula is C11H17NO3. The molecule has 0 radical (unpaired) electrons. The molecule has 0 fully saturated rings. The van der Waals surface area contributed by atoms with E-state index in [0.29, 0.717) is 6.54 Å². The summed E-state index contributed by atoms with van der Waals surface area (Å²) in [6, 6.07) is 3.78. The molecule has 0 aromatic carbocycles. The van der Waals surface area contributed by atoms with Crippen LogP contribution in [0.15, 0.2) is 16.5 Å². The van der Waals surface area contributed by atoms with Gasteiger partial charge in [-0.25, -0.2) is 0 Å². The first-order valence-corrected chi connectivity index (χ1v) is 4.84. The van der Waals surface area contributed by atoms with Gasteiger partial charge in [-0.1, -0.05) is 0 Å². The maximum absolute atomic E-state index is 11.3. The van der Waals surface area contributed by atoms with Crippen molar-refractivity contribution in [2.75, 3.05) is 7.11 Å². The monoisotopic (exact) mass is 211 g/mol. The van der Waals surface area contributed by atoms with Gasteiger partial charge in [-0.3, -0.25) is 10.1 Å². The molecule has 84 valence electrons. The third kappa shape index (κ3) is 3.09. The molecule has 4 heteroatoms. The topological polar surface area (TPSA) is 51.5 Å². The van der Waals surface area contributed by atoms with Crippen molar-refractivity contribution in [3.8, 4) is 0 Å². The highest BCUT2D eigenvalue weighted by atomic mass is 16.5. The van der Waals surface area contributed by atoms with Crippen LogP contribution in [0.4, 0.5) is 0 Å². The van der Waals surface area contributed by atoms with E-state index >= 15 is 0 Å². The Labute approximate surface area is 89.6 Å². The number of hydrogen-bond donors (Lipinski definition) is 1. The fourth-order valence-electron chi connectivity index (χ4n) is 1.22. The molecule has 1 heterocycles. The van der Waals surface area contributed by atoms with E-state index in [0.717, 1.165) is 11.5 Å². The summed E-state index contributed by atoms with van der Waals surface area (Å²) in [4.78, 5) is 11.3. The molecule has 0 aliphatic heterocycles. The Balaban J connectivity index is 2.53. The van der Waals surface area contributed by atoms with Crippen LogP contribution in [0.2, 0.25) is 0 Å². The lowest BCUT2D eigenvalue weighted by Crippen LogP contribution is -2.46. The molecule has 0 unspecified atom stereocenters. The molecule has 4 nitrogen and oxygen atoms in total. The molecule has 1 aromatic rings. The van der Waals surface area contributed by atoms with Crippen LogP contribution in [0.1, 0.15) is 25.4 Å². The molecule has 1 rings (SSSR count). The second-order valence-corrected chi connectivity index (χ2v) is 3.98. The van der Waals surface area contributed by atoms with Crippen molar-refractivity contribution in [1.29, 1.82) is 0 Å². The number of ether oxygens (including phenoxy) is 1. The van der Waals surface area contributed by atoms with Crippen LogP contribution in [0.5, 0.6) is 0 Å². The highest BCUT2D eigenvalue weighted by molar-refractivity contribution is 5.79. The summed E-state index contributed by atoms with van der Waals surface area (Å²) in [5, 5.41) is 3.07. The molecule has 0 bridgehead atoms. The fourth-order valence-corrected chi connectivity index (χ4v) is 1.22. The number of carbonyl (C=O) groups excluding carboxylic acids is 1. The zero-order chi connectivity index (χ0) is 11.5. The van der Waals surface area contributed by atoms with E-state index in [9.17, 15) is 4.79 Å². The van der Waals surface area contributed by atoms with Crippen molar-refractivity contribution in [2.24, 2.45) is 0 Å². The van der Waals surface area contributed by atoms with E-state index in [4.69, 9.17) is 4.42 Å². The number of furan rings is 1. The molecule has 0 saturated carbocycles. The third-order valence-electron chi connectivity index (χ3n) is 2.20. The van der Waals surface area contributed by atoms with E-state index < -0.39 is 5.54 Å². The molecule has 1 aromatic heterocycles. The SMILES string of the molecule is COC(=O)C(C)(C)NCc1ccc(C)o1. The van der Waals surface area contributed by atoms with Gasteiger partial charge in [0.25, 0.3) is 0 Å². The number of esters is 1. The summed E-state index contributed by atoms with van der Waals surface area (Å²) in [6.45, 7) is 5.94. The lowest BCUT2D eigenvalue weighted by atomic mass is 10.1. The molecule has 0 atom stereocenters. The normalized spacial score (nSPS) is 11.5. The predicted octanol–water partition coefficient (Wildman–Crippen LogP) is 1.63. The van der Waals surface area contributed by atoms with E-state index in [1.54, 1.807) is 13.8 Å². The maximum Gasteiger partial charge on any atom is 0.325 e. The van der Waals surface area contributed by atoms with Gasteiger partial charge in [0.05, 0.1) is 13.7 Å². The Bertz CT molecular complexity index is 341. The van der Waals surface area contributed by atoms with Crippen LogP contribution < -0.4 is 5.32 Å². The van der Waals surface area contributed by atoms with Crippen LogP contribution in [-0.2, 0) is 16.1 Å². The van der Waals surface area contributed by atoms with Crippen molar-refractivity contribution in [3.63, 3.8) is 0 Å². The number of nitrogens with one attached hydrogen (secondary N) is 1. The van der Waals surface area contributed by atoms with Gasteiger partial charge in [-0.15, -0.1) is 0 Å². The summed E-state index contributed by atoms with van der Waals surface area (Å²) in [6.07, 6.45) is 0. The predicted molar refractivity (Wildman–Crippen MR) is 56.4 cm³/mol. The first-order valence-electron chi connectivity index (χ1n) is 4.84. The van der Waals surface area contributed by atoms with Gasteiger partial charge < -0.3 is 9.15 Å². The van der Waals surface area contributed by atoms with E-state index in [-0.39, 0.29) is 5.97 Å². The largest absolute Gasteiger partial charge is 0.468 e. The molecule has 15 heavy (non-hydrogen) atoms. The Morgan fingerprint density at radius 3 is 2.67 bits per heavy atom. The summed E-state index contributed by atoms with van der Waals surface area (Å²) < 4.78 is 10.1. The van der Waals surface area contributed by atoms with Crippen LogP contribution in [0.25, 0.3) is 0 Å². The standard InChI is InChI=1S/C11H17NO3/c1-8-5-6-9(15-8)7-12-11(2,3)10(13)14-4/h5-6,12H,7H2,1-4H3. The molecule has 0 spiro atoms. The highest BCUT2D eigenvalue weighted by Crippen LogP contribution is 2.09. The Morgan fingerprint density at radius 1 is 1.53 bits per heavy atom. The molecule has 0 aliphatic carbocycles. The molecule has 0 aliphatic rings. The molecule has 1 N–H and O–H groups in total. The minimum absolute atomic E-state index is 0.286. The summed E-state index contributed by atoms with van der Waals surface area (Å²) in [5.41, 5.74) is -0.699. The fraction of sp³-hybridized carbons (Fsp3) is 0.545. The first-order chi connectivity index (χ1) is 6.95. The zero-order valence-electron chi connectivity index (χ0n) is 9.59. The van der Waals surface area contributed by atoms with E-state index in [1.165, 1.54) is 7.11 Å². The van der Waals surface area contributed by atoms with Gasteiger partial charge in [0.2, 0.25) is 0 Å². The maximum atomic E-state index is 11.3. The first kappa shape index (κ1) is 11.8. The Kier molecular flexibility index (Phi) is 3.52. The van der Waals surface area contributed by atoms with Crippen LogP contribution >= 0.6 is 0 Å². The van der Waals surface area contributed by atoms with Gasteiger partial charge in [0.15, 0.2) is 0 Å². The molecular weight excluding hydrogens is 194 g/mol. The Morgan fingerprint density at radius 2 is 2.20 bits per heavy atom. The van der Waals surface area contributed by atoms with Crippen molar-refractivity contribution in [2.45, 2.75) is 32.9 Å². The lowest BCUT2D eigenvalue weighted by Gasteiger charge is -2.22. The van der Waals surface area contributed by atoms with Crippen LogP contribution in [0.3, 0.4) is 0 Å². The summed E-state index contributed by atoms with van der Waals surface area (Å²) in [5.74, 6) is 1.39. The van der Waals surface area contributed by atoms with Crippen molar-refractivity contribution in [3.05, 3.63) is 23.7 Å². The molecule has 0 amide bonds. The van der Waals surface area contributed by atoms with Gasteiger partial charge in [-0.2, -0.15) is 0 Å². The number of aryl methyl sites for hydroxylation is 1. The quantitative estimate of drug-likeness (QED) is 0.769. The van der Waals surface area contributed by atoms with Gasteiger partial charge in [0, 0.05) is 0 Å². The average Bonchev–Trinajstić information content (AvgIpc) is 2.60.